The van der Waals surface area contributed by atoms with Crippen molar-refractivity contribution in [3.63, 3.8) is 0 Å². The molecule has 1 rings (SSSR count). The van der Waals surface area contributed by atoms with Crippen LogP contribution in [0.25, 0.3) is 0 Å². The van der Waals surface area contributed by atoms with Gasteiger partial charge in [-0.25, -0.2) is 0 Å². The summed E-state index contributed by atoms with van der Waals surface area (Å²) < 4.78 is 0. The molecular formula is C10H19N3O. The van der Waals surface area contributed by atoms with Crippen molar-refractivity contribution in [1.82, 2.24) is 10.6 Å². The van der Waals surface area contributed by atoms with Crippen LogP contribution >= 0.6 is 0 Å². The summed E-state index contributed by atoms with van der Waals surface area (Å²) >= 11 is 0. The highest BCUT2D eigenvalue weighted by Crippen LogP contribution is 1.97. The summed E-state index contributed by atoms with van der Waals surface area (Å²) in [4.78, 5) is 15.1. The SMILES string of the molecule is CCCCCCNC1=NCCC(=O)N1. The number of hydrogen-bond donors (Lipinski definition) is 2. The Balaban J connectivity index is 2.06. The number of hydrogen-bond acceptors (Lipinski definition) is 3. The Labute approximate surface area is 85.2 Å². The quantitative estimate of drug-likeness (QED) is 0.647. The molecule has 1 aliphatic rings. The lowest BCUT2D eigenvalue weighted by atomic mass is 10.2. The zero-order chi connectivity index (χ0) is 10.2. The van der Waals surface area contributed by atoms with Gasteiger partial charge >= 0.3 is 0 Å². The molecule has 0 aromatic carbocycles. The van der Waals surface area contributed by atoms with Gasteiger partial charge in [0, 0.05) is 13.0 Å². The number of aliphatic imine (C=N–C) groups is 1. The monoisotopic (exact) mass is 197 g/mol. The molecule has 4 nitrogen and oxygen atoms in total. The topological polar surface area (TPSA) is 53.5 Å². The predicted octanol–water partition coefficient (Wildman–Crippen LogP) is 1.03. The molecule has 0 saturated heterocycles. The van der Waals surface area contributed by atoms with Crippen LogP contribution in [0.3, 0.4) is 0 Å². The third-order valence-electron chi connectivity index (χ3n) is 2.19. The predicted molar refractivity (Wildman–Crippen MR) is 57.2 cm³/mol. The lowest BCUT2D eigenvalue weighted by Crippen LogP contribution is -2.44. The molecule has 1 heterocycles. The Morgan fingerprint density at radius 3 is 3.00 bits per heavy atom. The smallest absolute Gasteiger partial charge is 0.228 e. The molecule has 0 aliphatic carbocycles. The molecule has 0 aromatic heterocycles. The molecule has 0 radical (unpaired) electrons. The van der Waals surface area contributed by atoms with Crippen molar-refractivity contribution in [2.45, 2.75) is 39.0 Å². The van der Waals surface area contributed by atoms with Crippen molar-refractivity contribution in [3.8, 4) is 0 Å². The number of unbranched alkanes of at least 4 members (excludes halogenated alkanes) is 3. The van der Waals surface area contributed by atoms with Crippen LogP contribution in [0.4, 0.5) is 0 Å². The van der Waals surface area contributed by atoms with Crippen molar-refractivity contribution in [2.24, 2.45) is 4.99 Å². The maximum Gasteiger partial charge on any atom is 0.228 e. The minimum Gasteiger partial charge on any atom is -0.356 e. The zero-order valence-corrected chi connectivity index (χ0v) is 8.81. The van der Waals surface area contributed by atoms with Crippen molar-refractivity contribution in [2.75, 3.05) is 13.1 Å². The van der Waals surface area contributed by atoms with Crippen LogP contribution in [-0.4, -0.2) is 25.0 Å². The third kappa shape index (κ3) is 4.25. The molecule has 1 aliphatic heterocycles. The Hall–Kier alpha value is -1.06. The minimum absolute atomic E-state index is 0.0658. The molecular weight excluding hydrogens is 178 g/mol. The van der Waals surface area contributed by atoms with E-state index >= 15 is 0 Å². The van der Waals surface area contributed by atoms with Gasteiger partial charge in [-0.1, -0.05) is 26.2 Å². The Morgan fingerprint density at radius 1 is 1.43 bits per heavy atom. The van der Waals surface area contributed by atoms with E-state index in [0.717, 1.165) is 13.0 Å². The van der Waals surface area contributed by atoms with Crippen LogP contribution in [0, 0.1) is 0 Å². The van der Waals surface area contributed by atoms with Crippen LogP contribution < -0.4 is 10.6 Å². The Bertz CT molecular complexity index is 213. The van der Waals surface area contributed by atoms with E-state index in [1.807, 2.05) is 0 Å². The van der Waals surface area contributed by atoms with E-state index in [4.69, 9.17) is 0 Å². The highest BCUT2D eigenvalue weighted by molar-refractivity contribution is 5.98. The van der Waals surface area contributed by atoms with Gasteiger partial charge < -0.3 is 5.32 Å². The van der Waals surface area contributed by atoms with Gasteiger partial charge in [-0.05, 0) is 6.42 Å². The van der Waals surface area contributed by atoms with E-state index in [1.165, 1.54) is 19.3 Å². The zero-order valence-electron chi connectivity index (χ0n) is 8.81. The summed E-state index contributed by atoms with van der Waals surface area (Å²) in [6.07, 6.45) is 5.42. The van der Waals surface area contributed by atoms with Crippen molar-refractivity contribution >= 4 is 11.9 Å². The van der Waals surface area contributed by atoms with Gasteiger partial charge in [0.2, 0.25) is 5.91 Å². The van der Waals surface area contributed by atoms with Crippen molar-refractivity contribution in [1.29, 1.82) is 0 Å². The third-order valence-corrected chi connectivity index (χ3v) is 2.19. The van der Waals surface area contributed by atoms with Gasteiger partial charge in [-0.3, -0.25) is 15.1 Å². The second-order valence-corrected chi connectivity index (χ2v) is 3.52. The lowest BCUT2D eigenvalue weighted by molar-refractivity contribution is -0.119. The van der Waals surface area contributed by atoms with E-state index in [2.05, 4.69) is 22.5 Å². The first-order valence-corrected chi connectivity index (χ1v) is 5.41. The van der Waals surface area contributed by atoms with Crippen molar-refractivity contribution in [3.05, 3.63) is 0 Å². The summed E-state index contributed by atoms with van der Waals surface area (Å²) in [6.45, 7) is 3.71. The molecule has 1 amide bonds. The highest BCUT2D eigenvalue weighted by atomic mass is 16.1. The van der Waals surface area contributed by atoms with E-state index < -0.39 is 0 Å². The van der Waals surface area contributed by atoms with E-state index in [1.54, 1.807) is 0 Å². The highest BCUT2D eigenvalue weighted by Gasteiger charge is 2.09. The molecule has 80 valence electrons. The molecule has 2 N–H and O–H groups in total. The summed E-state index contributed by atoms with van der Waals surface area (Å²) in [5.74, 6) is 0.716. The lowest BCUT2D eigenvalue weighted by Gasteiger charge is -2.14. The number of amides is 1. The maximum absolute atomic E-state index is 11.0. The summed E-state index contributed by atoms with van der Waals surface area (Å²) in [5, 5.41) is 5.84. The largest absolute Gasteiger partial charge is 0.356 e. The van der Waals surface area contributed by atoms with Gasteiger partial charge in [0.05, 0.1) is 6.54 Å². The molecule has 0 saturated carbocycles. The number of carbonyl (C=O) groups is 1. The number of rotatable bonds is 5. The minimum atomic E-state index is 0.0658. The number of nitrogens with zero attached hydrogens (tertiary/aromatic N) is 1. The van der Waals surface area contributed by atoms with E-state index in [-0.39, 0.29) is 5.91 Å². The van der Waals surface area contributed by atoms with Gasteiger partial charge in [0.15, 0.2) is 5.96 Å². The van der Waals surface area contributed by atoms with Crippen LogP contribution in [-0.2, 0) is 4.79 Å². The molecule has 0 atom stereocenters. The van der Waals surface area contributed by atoms with Crippen molar-refractivity contribution < 1.29 is 4.79 Å². The fourth-order valence-electron chi connectivity index (χ4n) is 1.36. The number of carbonyl (C=O) groups excluding carboxylic acids is 1. The first-order valence-electron chi connectivity index (χ1n) is 5.41. The van der Waals surface area contributed by atoms with Crippen LogP contribution in [0.5, 0.6) is 0 Å². The fraction of sp³-hybridized carbons (Fsp3) is 0.800. The second kappa shape index (κ2) is 6.40. The summed E-state index contributed by atoms with van der Waals surface area (Å²) in [5.41, 5.74) is 0. The Kier molecular flexibility index (Phi) is 5.04. The van der Waals surface area contributed by atoms with E-state index in [9.17, 15) is 4.79 Å². The number of nitrogens with one attached hydrogen (secondary N) is 2. The van der Waals surface area contributed by atoms with Gasteiger partial charge in [0.1, 0.15) is 0 Å². The van der Waals surface area contributed by atoms with Crippen LogP contribution in [0.2, 0.25) is 0 Å². The molecule has 4 heteroatoms. The normalized spacial score (nSPS) is 16.1. The van der Waals surface area contributed by atoms with Gasteiger partial charge in [-0.2, -0.15) is 0 Å². The second-order valence-electron chi connectivity index (χ2n) is 3.52. The van der Waals surface area contributed by atoms with Crippen LogP contribution in [0.15, 0.2) is 4.99 Å². The molecule has 0 fully saturated rings. The molecule has 0 unspecified atom stereocenters. The standard InChI is InChI=1S/C10H19N3O/c1-2-3-4-5-7-11-10-12-8-6-9(14)13-10/h2-8H2,1H3,(H2,11,12,13,14). The Morgan fingerprint density at radius 2 is 2.29 bits per heavy atom. The average molecular weight is 197 g/mol. The average Bonchev–Trinajstić information content (AvgIpc) is 2.18. The molecule has 14 heavy (non-hydrogen) atoms. The van der Waals surface area contributed by atoms with Crippen LogP contribution in [0.1, 0.15) is 39.0 Å². The summed E-state index contributed by atoms with van der Waals surface area (Å²) in [7, 11) is 0. The molecule has 0 spiro atoms. The first kappa shape index (κ1) is 11.0. The molecule has 0 aromatic rings. The summed E-state index contributed by atoms with van der Waals surface area (Å²) in [6, 6.07) is 0. The maximum atomic E-state index is 11.0. The van der Waals surface area contributed by atoms with Gasteiger partial charge in [-0.15, -0.1) is 0 Å². The van der Waals surface area contributed by atoms with Gasteiger partial charge in [0.25, 0.3) is 0 Å². The number of guanidine groups is 1. The first-order chi connectivity index (χ1) is 6.83. The van der Waals surface area contributed by atoms with E-state index in [0.29, 0.717) is 18.9 Å². The molecule has 0 bridgehead atoms. The fourth-order valence-corrected chi connectivity index (χ4v) is 1.36.